The lowest BCUT2D eigenvalue weighted by Gasteiger charge is -2.34. The van der Waals surface area contributed by atoms with Crippen molar-refractivity contribution in [3.05, 3.63) is 16.0 Å². The third-order valence-electron chi connectivity index (χ3n) is 4.47. The molecule has 1 fully saturated rings. The number of likely N-dealkylation sites (tertiary alicyclic amines) is 1. The molecule has 1 aliphatic heterocycles. The fourth-order valence-electron chi connectivity index (χ4n) is 3.53. The van der Waals surface area contributed by atoms with Crippen LogP contribution in [-0.4, -0.2) is 56.6 Å². The van der Waals surface area contributed by atoms with Crippen LogP contribution in [0.5, 0.6) is 0 Å². The Morgan fingerprint density at radius 1 is 1.12 bits per heavy atom. The third kappa shape index (κ3) is 4.62. The second-order valence-corrected chi connectivity index (χ2v) is 7.95. The lowest BCUT2D eigenvalue weighted by Crippen LogP contribution is -2.42. The third-order valence-corrected chi connectivity index (χ3v) is 5.66. The van der Waals surface area contributed by atoms with Gasteiger partial charge in [-0.1, -0.05) is 13.8 Å². The fraction of sp³-hybridized carbons (Fsp3) is 0.611. The van der Waals surface area contributed by atoms with Gasteiger partial charge in [0.05, 0.1) is 26.3 Å². The molecule has 2 rings (SSSR count). The fourth-order valence-corrected chi connectivity index (χ4v) is 4.66. The molecule has 2 atom stereocenters. The Hall–Kier alpha value is -1.93. The molecule has 0 bridgehead atoms. The first-order valence-corrected chi connectivity index (χ1v) is 9.40. The van der Waals surface area contributed by atoms with Gasteiger partial charge in [0.2, 0.25) is 5.91 Å². The molecule has 0 radical (unpaired) electrons. The van der Waals surface area contributed by atoms with Crippen LogP contribution in [0.4, 0.5) is 5.00 Å². The number of thiophene rings is 1. The SMILES string of the molecule is COC(=O)c1sc(NC(=O)CN2C[C@H](C)C[C@H](C)C2)c(C(=O)OC)c1C. The van der Waals surface area contributed by atoms with E-state index in [1.165, 1.54) is 14.2 Å². The number of nitrogens with one attached hydrogen (secondary N) is 1. The summed E-state index contributed by atoms with van der Waals surface area (Å²) in [6.07, 6.45) is 1.16. The van der Waals surface area contributed by atoms with Gasteiger partial charge in [0, 0.05) is 13.1 Å². The van der Waals surface area contributed by atoms with Gasteiger partial charge in [0.25, 0.3) is 0 Å². The highest BCUT2D eigenvalue weighted by Gasteiger charge is 2.28. The lowest BCUT2D eigenvalue weighted by molar-refractivity contribution is -0.117. The highest BCUT2D eigenvalue weighted by atomic mass is 32.1. The minimum Gasteiger partial charge on any atom is -0.465 e. The molecular formula is C18H26N2O5S. The van der Waals surface area contributed by atoms with E-state index in [0.717, 1.165) is 30.8 Å². The molecule has 8 heteroatoms. The van der Waals surface area contributed by atoms with Gasteiger partial charge in [0.1, 0.15) is 9.88 Å². The molecule has 1 aromatic heterocycles. The molecular weight excluding hydrogens is 356 g/mol. The van der Waals surface area contributed by atoms with Crippen molar-refractivity contribution in [2.24, 2.45) is 11.8 Å². The van der Waals surface area contributed by atoms with Crippen molar-refractivity contribution in [2.75, 3.05) is 39.2 Å². The van der Waals surface area contributed by atoms with Gasteiger partial charge in [0.15, 0.2) is 0 Å². The van der Waals surface area contributed by atoms with Gasteiger partial charge in [-0.05, 0) is 30.7 Å². The molecule has 0 aromatic carbocycles. The van der Waals surface area contributed by atoms with Crippen LogP contribution in [0.1, 0.15) is 45.9 Å². The molecule has 26 heavy (non-hydrogen) atoms. The topological polar surface area (TPSA) is 84.9 Å². The number of anilines is 1. The van der Waals surface area contributed by atoms with Crippen LogP contribution >= 0.6 is 11.3 Å². The average molecular weight is 382 g/mol. The summed E-state index contributed by atoms with van der Waals surface area (Å²) >= 11 is 1.03. The highest BCUT2D eigenvalue weighted by Crippen LogP contribution is 2.34. The summed E-state index contributed by atoms with van der Waals surface area (Å²) in [5.74, 6) is -0.255. The predicted octanol–water partition coefficient (Wildman–Crippen LogP) is 2.55. The molecule has 1 aromatic rings. The van der Waals surface area contributed by atoms with Crippen molar-refractivity contribution < 1.29 is 23.9 Å². The number of methoxy groups -OCH3 is 2. The van der Waals surface area contributed by atoms with Crippen molar-refractivity contribution in [1.29, 1.82) is 0 Å². The van der Waals surface area contributed by atoms with Gasteiger partial charge in [-0.2, -0.15) is 0 Å². The molecule has 1 aliphatic rings. The van der Waals surface area contributed by atoms with Crippen LogP contribution in [-0.2, 0) is 14.3 Å². The van der Waals surface area contributed by atoms with E-state index < -0.39 is 11.9 Å². The molecule has 7 nitrogen and oxygen atoms in total. The van der Waals surface area contributed by atoms with E-state index in [9.17, 15) is 14.4 Å². The normalized spacial score (nSPS) is 20.5. The van der Waals surface area contributed by atoms with Crippen LogP contribution in [0.25, 0.3) is 0 Å². The van der Waals surface area contributed by atoms with E-state index in [0.29, 0.717) is 22.4 Å². The van der Waals surface area contributed by atoms with Gasteiger partial charge < -0.3 is 14.8 Å². The Morgan fingerprint density at radius 3 is 2.23 bits per heavy atom. The number of carbonyl (C=O) groups is 3. The zero-order valence-electron chi connectivity index (χ0n) is 15.9. The second-order valence-electron chi connectivity index (χ2n) is 6.93. The van der Waals surface area contributed by atoms with Crippen LogP contribution in [0.15, 0.2) is 0 Å². The largest absolute Gasteiger partial charge is 0.465 e. The molecule has 1 amide bonds. The molecule has 0 spiro atoms. The van der Waals surface area contributed by atoms with E-state index in [-0.39, 0.29) is 22.9 Å². The van der Waals surface area contributed by atoms with Crippen molar-refractivity contribution in [3.63, 3.8) is 0 Å². The van der Waals surface area contributed by atoms with Crippen molar-refractivity contribution >= 4 is 34.2 Å². The van der Waals surface area contributed by atoms with E-state index in [2.05, 4.69) is 24.1 Å². The molecule has 144 valence electrons. The number of hydrogen-bond donors (Lipinski definition) is 1. The summed E-state index contributed by atoms with van der Waals surface area (Å²) < 4.78 is 9.55. The zero-order chi connectivity index (χ0) is 19.4. The first-order valence-electron chi connectivity index (χ1n) is 8.59. The maximum Gasteiger partial charge on any atom is 0.348 e. The predicted molar refractivity (Wildman–Crippen MR) is 99.7 cm³/mol. The molecule has 0 aliphatic carbocycles. The van der Waals surface area contributed by atoms with Crippen molar-refractivity contribution in [1.82, 2.24) is 4.90 Å². The molecule has 0 unspecified atom stereocenters. The summed E-state index contributed by atoms with van der Waals surface area (Å²) in [6.45, 7) is 8.00. The second kappa shape index (κ2) is 8.64. The average Bonchev–Trinajstić information content (AvgIpc) is 2.88. The summed E-state index contributed by atoms with van der Waals surface area (Å²) in [6, 6.07) is 0. The molecule has 1 N–H and O–H groups in total. The molecule has 0 saturated carbocycles. The minimum absolute atomic E-state index is 0.201. The van der Waals surface area contributed by atoms with E-state index in [1.54, 1.807) is 6.92 Å². The van der Waals surface area contributed by atoms with Crippen LogP contribution in [0.2, 0.25) is 0 Å². The van der Waals surface area contributed by atoms with Gasteiger partial charge in [-0.15, -0.1) is 11.3 Å². The summed E-state index contributed by atoms with van der Waals surface area (Å²) in [4.78, 5) is 38.9. The molecule has 1 saturated heterocycles. The minimum atomic E-state index is -0.593. The van der Waals surface area contributed by atoms with E-state index >= 15 is 0 Å². The standard InChI is InChI=1S/C18H26N2O5S/c1-10-6-11(2)8-20(7-10)9-13(21)19-16-14(17(22)24-4)12(3)15(26-16)18(23)25-5/h10-11H,6-9H2,1-5H3,(H,19,21)/t10-,11+. The Labute approximate surface area is 157 Å². The number of ether oxygens (including phenoxy) is 2. The van der Waals surface area contributed by atoms with Gasteiger partial charge in [-0.25, -0.2) is 9.59 Å². The number of piperidine rings is 1. The Kier molecular flexibility index (Phi) is 6.77. The molecule has 2 heterocycles. The number of amides is 1. The van der Waals surface area contributed by atoms with Crippen LogP contribution in [0, 0.1) is 18.8 Å². The Balaban J connectivity index is 2.18. The summed E-state index contributed by atoms with van der Waals surface area (Å²) in [5, 5.41) is 3.09. The quantitative estimate of drug-likeness (QED) is 0.788. The van der Waals surface area contributed by atoms with Gasteiger partial charge in [-0.3, -0.25) is 9.69 Å². The van der Waals surface area contributed by atoms with Crippen molar-refractivity contribution in [2.45, 2.75) is 27.2 Å². The number of nitrogens with zero attached hydrogens (tertiary/aromatic N) is 1. The maximum absolute atomic E-state index is 12.5. The zero-order valence-corrected chi connectivity index (χ0v) is 16.7. The number of hydrogen-bond acceptors (Lipinski definition) is 7. The number of carbonyl (C=O) groups excluding carboxylic acids is 3. The first-order chi connectivity index (χ1) is 12.3. The van der Waals surface area contributed by atoms with E-state index in [1.807, 2.05) is 0 Å². The summed E-state index contributed by atoms with van der Waals surface area (Å²) in [7, 11) is 2.54. The monoisotopic (exact) mass is 382 g/mol. The number of rotatable bonds is 5. The highest BCUT2D eigenvalue weighted by molar-refractivity contribution is 7.18. The van der Waals surface area contributed by atoms with Crippen LogP contribution in [0.3, 0.4) is 0 Å². The van der Waals surface area contributed by atoms with Crippen molar-refractivity contribution in [3.8, 4) is 0 Å². The number of esters is 2. The Bertz CT molecular complexity index is 690. The lowest BCUT2D eigenvalue weighted by atomic mass is 9.92. The first kappa shape index (κ1) is 20.4. The van der Waals surface area contributed by atoms with Crippen LogP contribution < -0.4 is 5.32 Å². The smallest absolute Gasteiger partial charge is 0.348 e. The van der Waals surface area contributed by atoms with Gasteiger partial charge >= 0.3 is 11.9 Å². The summed E-state index contributed by atoms with van der Waals surface area (Å²) in [5.41, 5.74) is 0.649. The Morgan fingerprint density at radius 2 is 1.69 bits per heavy atom. The van der Waals surface area contributed by atoms with E-state index in [4.69, 9.17) is 9.47 Å². The maximum atomic E-state index is 12.5.